The number of aromatic nitrogens is 1. The lowest BCUT2D eigenvalue weighted by atomic mass is 10.0. The zero-order chi connectivity index (χ0) is 18.0. The fourth-order valence-electron chi connectivity index (χ4n) is 3.31. The van der Waals surface area contributed by atoms with Crippen molar-refractivity contribution in [3.63, 3.8) is 0 Å². The smallest absolute Gasteiger partial charge is 0.251 e. The van der Waals surface area contributed by atoms with E-state index in [4.69, 9.17) is 17.3 Å². The molecule has 0 saturated heterocycles. The second-order valence-corrected chi connectivity index (χ2v) is 7.47. The first-order chi connectivity index (χ1) is 12.0. The van der Waals surface area contributed by atoms with Crippen LogP contribution in [0.2, 0.25) is 5.02 Å². The summed E-state index contributed by atoms with van der Waals surface area (Å²) in [6.07, 6.45) is 1.89. The molecule has 2 N–H and O–H groups in total. The van der Waals surface area contributed by atoms with E-state index >= 15 is 0 Å². The maximum absolute atomic E-state index is 12.2. The van der Waals surface area contributed by atoms with Gasteiger partial charge in [-0.05, 0) is 42.5 Å². The fraction of sp³-hybridized carbons (Fsp3) is 0.250. The molecule has 0 aliphatic heterocycles. The average molecular weight is 373 g/mol. The van der Waals surface area contributed by atoms with Crippen LogP contribution in [0.5, 0.6) is 0 Å². The van der Waals surface area contributed by atoms with Crippen LogP contribution in [0.3, 0.4) is 0 Å². The molecule has 0 spiro atoms. The maximum atomic E-state index is 12.2. The number of rotatable bonds is 6. The van der Waals surface area contributed by atoms with E-state index in [9.17, 15) is 4.79 Å². The Hall–Kier alpha value is -2.04. The summed E-state index contributed by atoms with van der Waals surface area (Å²) in [4.78, 5) is 13.3. The van der Waals surface area contributed by atoms with Gasteiger partial charge in [0.15, 0.2) is 0 Å². The van der Waals surface area contributed by atoms with Gasteiger partial charge in [-0.1, -0.05) is 43.1 Å². The van der Waals surface area contributed by atoms with Crippen molar-refractivity contribution in [2.75, 3.05) is 0 Å². The van der Waals surface area contributed by atoms with Gasteiger partial charge < -0.3 is 10.3 Å². The summed E-state index contributed by atoms with van der Waals surface area (Å²) in [5.74, 6) is -0.372. The first-order valence-corrected chi connectivity index (χ1v) is 9.58. The minimum absolute atomic E-state index is 0.372. The van der Waals surface area contributed by atoms with E-state index in [0.29, 0.717) is 17.1 Å². The highest BCUT2D eigenvalue weighted by Gasteiger charge is 2.24. The van der Waals surface area contributed by atoms with Gasteiger partial charge in [0.25, 0.3) is 5.91 Å². The number of amides is 1. The van der Waals surface area contributed by atoms with Gasteiger partial charge in [0.2, 0.25) is 0 Å². The van der Waals surface area contributed by atoms with Gasteiger partial charge in [-0.15, -0.1) is 11.3 Å². The van der Waals surface area contributed by atoms with Crippen LogP contribution in [0, 0.1) is 6.92 Å². The summed E-state index contributed by atoms with van der Waals surface area (Å²) < 4.78 is 2.21. The Kier molecular flexibility index (Phi) is 5.30. The van der Waals surface area contributed by atoms with Crippen LogP contribution in [0.4, 0.5) is 0 Å². The van der Waals surface area contributed by atoms with Gasteiger partial charge in [0.1, 0.15) is 0 Å². The lowest BCUT2D eigenvalue weighted by Gasteiger charge is -2.13. The molecule has 25 heavy (non-hydrogen) atoms. The van der Waals surface area contributed by atoms with E-state index in [1.165, 1.54) is 0 Å². The Morgan fingerprint density at radius 3 is 2.68 bits per heavy atom. The number of primary amides is 1. The van der Waals surface area contributed by atoms with Gasteiger partial charge in [0, 0.05) is 33.4 Å². The molecule has 3 rings (SSSR count). The monoisotopic (exact) mass is 372 g/mol. The molecule has 0 aliphatic carbocycles. The number of hydrogen-bond acceptors (Lipinski definition) is 2. The third-order valence-electron chi connectivity index (χ3n) is 4.36. The molecular weight excluding hydrogens is 352 g/mol. The molecule has 0 radical (unpaired) electrons. The normalized spacial score (nSPS) is 11.0. The highest BCUT2D eigenvalue weighted by Crippen LogP contribution is 2.36. The van der Waals surface area contributed by atoms with Crippen LogP contribution in [0.1, 0.15) is 40.7 Å². The molecule has 0 bridgehead atoms. The Morgan fingerprint density at radius 2 is 2.08 bits per heavy atom. The fourth-order valence-corrected chi connectivity index (χ4v) is 4.33. The first-order valence-electron chi connectivity index (χ1n) is 8.33. The number of nitrogens with two attached hydrogens (primary N) is 1. The number of hydrogen-bond donors (Lipinski definition) is 1. The molecule has 3 aromatic rings. The molecule has 130 valence electrons. The van der Waals surface area contributed by atoms with Crippen molar-refractivity contribution in [2.24, 2.45) is 5.73 Å². The standard InChI is InChI=1S/C20H21ClN2OS/c1-3-6-16-19(17-9-5-10-25-17)18(20(22)24)13(2)23(16)12-14-7-4-8-15(21)11-14/h4-5,7-11H,3,6,12H2,1-2H3,(H2,22,24). The minimum atomic E-state index is -0.372. The molecule has 0 fully saturated rings. The third kappa shape index (κ3) is 3.51. The topological polar surface area (TPSA) is 48.0 Å². The van der Waals surface area contributed by atoms with E-state index in [2.05, 4.69) is 23.6 Å². The molecule has 0 saturated carbocycles. The van der Waals surface area contributed by atoms with Crippen molar-refractivity contribution in [3.05, 3.63) is 69.3 Å². The zero-order valence-electron chi connectivity index (χ0n) is 14.4. The Labute approximate surface area is 157 Å². The quantitative estimate of drug-likeness (QED) is 0.628. The molecule has 3 nitrogen and oxygen atoms in total. The Balaban J connectivity index is 2.20. The highest BCUT2D eigenvalue weighted by molar-refractivity contribution is 7.13. The largest absolute Gasteiger partial charge is 0.366 e. The van der Waals surface area contributed by atoms with Gasteiger partial charge in [-0.2, -0.15) is 0 Å². The molecular formula is C20H21ClN2OS. The number of nitrogens with zero attached hydrogens (tertiary/aromatic N) is 1. The summed E-state index contributed by atoms with van der Waals surface area (Å²) >= 11 is 7.77. The predicted octanol–water partition coefficient (Wildman–Crippen LogP) is 5.28. The maximum Gasteiger partial charge on any atom is 0.251 e. The Morgan fingerprint density at radius 1 is 1.28 bits per heavy atom. The number of halogens is 1. The molecule has 2 heterocycles. The van der Waals surface area contributed by atoms with Crippen molar-refractivity contribution in [1.29, 1.82) is 0 Å². The van der Waals surface area contributed by atoms with Crippen LogP contribution in [0.25, 0.3) is 10.4 Å². The first kappa shape index (κ1) is 17.8. The Bertz CT molecular complexity index is 897. The minimum Gasteiger partial charge on any atom is -0.366 e. The van der Waals surface area contributed by atoms with Crippen molar-refractivity contribution in [2.45, 2.75) is 33.2 Å². The number of carbonyl (C=O) groups is 1. The van der Waals surface area contributed by atoms with Gasteiger partial charge >= 0.3 is 0 Å². The SMILES string of the molecule is CCCc1c(-c2cccs2)c(C(N)=O)c(C)n1Cc1cccc(Cl)c1. The van der Waals surface area contributed by atoms with Gasteiger partial charge in [0.05, 0.1) is 5.56 Å². The lowest BCUT2D eigenvalue weighted by Crippen LogP contribution is -2.13. The van der Waals surface area contributed by atoms with Crippen molar-refractivity contribution < 1.29 is 4.79 Å². The molecule has 5 heteroatoms. The highest BCUT2D eigenvalue weighted by atomic mass is 35.5. The predicted molar refractivity (Wildman–Crippen MR) is 106 cm³/mol. The van der Waals surface area contributed by atoms with Crippen molar-refractivity contribution >= 4 is 28.8 Å². The second kappa shape index (κ2) is 7.46. The van der Waals surface area contributed by atoms with Crippen molar-refractivity contribution in [3.8, 4) is 10.4 Å². The summed E-state index contributed by atoms with van der Waals surface area (Å²) in [5.41, 5.74) is 10.6. The van der Waals surface area contributed by atoms with E-state index in [-0.39, 0.29) is 5.91 Å². The molecule has 1 aromatic carbocycles. The van der Waals surface area contributed by atoms with Crippen LogP contribution in [0.15, 0.2) is 41.8 Å². The van der Waals surface area contributed by atoms with Crippen LogP contribution >= 0.6 is 22.9 Å². The van der Waals surface area contributed by atoms with Crippen LogP contribution in [-0.2, 0) is 13.0 Å². The number of benzene rings is 1. The number of carbonyl (C=O) groups excluding carboxylic acids is 1. The van der Waals surface area contributed by atoms with Crippen molar-refractivity contribution in [1.82, 2.24) is 4.57 Å². The number of thiophene rings is 1. The van der Waals surface area contributed by atoms with Crippen LogP contribution < -0.4 is 5.73 Å². The molecule has 2 aromatic heterocycles. The zero-order valence-corrected chi connectivity index (χ0v) is 16.0. The van der Waals surface area contributed by atoms with Crippen LogP contribution in [-0.4, -0.2) is 10.5 Å². The third-order valence-corrected chi connectivity index (χ3v) is 5.48. The van der Waals surface area contributed by atoms with E-state index < -0.39 is 0 Å². The lowest BCUT2D eigenvalue weighted by molar-refractivity contribution is 0.1000. The summed E-state index contributed by atoms with van der Waals surface area (Å²) in [5, 5.41) is 2.74. The van der Waals surface area contributed by atoms with Gasteiger partial charge in [-0.25, -0.2) is 0 Å². The summed E-state index contributed by atoms with van der Waals surface area (Å²) in [7, 11) is 0. The molecule has 1 amide bonds. The van der Waals surface area contributed by atoms with Gasteiger partial charge in [-0.3, -0.25) is 4.79 Å². The molecule has 0 unspecified atom stereocenters. The summed E-state index contributed by atoms with van der Waals surface area (Å²) in [6, 6.07) is 11.9. The second-order valence-electron chi connectivity index (χ2n) is 6.09. The molecule has 0 aliphatic rings. The summed E-state index contributed by atoms with van der Waals surface area (Å²) in [6.45, 7) is 4.79. The molecule has 0 atom stereocenters. The van der Waals surface area contributed by atoms with E-state index in [0.717, 1.165) is 40.2 Å². The van der Waals surface area contributed by atoms with E-state index in [1.807, 2.05) is 36.6 Å². The van der Waals surface area contributed by atoms with E-state index in [1.54, 1.807) is 11.3 Å². The average Bonchev–Trinajstić information content (AvgIpc) is 3.17.